The average molecular weight is 284 g/mol. The molecular weight excluding hydrogens is 255 g/mol. The van der Waals surface area contributed by atoms with Gasteiger partial charge in [-0.1, -0.05) is 45.9 Å². The van der Waals surface area contributed by atoms with E-state index in [4.69, 9.17) is 10.0 Å². The van der Waals surface area contributed by atoms with Crippen LogP contribution in [0.2, 0.25) is 0 Å². The molecule has 6 heteroatoms. The molecule has 0 atom stereocenters. The van der Waals surface area contributed by atoms with Gasteiger partial charge < -0.3 is 25.3 Å². The standard InChI is InChI=1S/C6H7BO3.2C4H11N/c8-7(9)10-6-4-2-1-3-5-6;2*1-3-5-4-2/h1-5,8-9H;2*5H,3-4H2,1-2H3. The van der Waals surface area contributed by atoms with Gasteiger partial charge in [0.05, 0.1) is 0 Å². The minimum absolute atomic E-state index is 0.442. The summed E-state index contributed by atoms with van der Waals surface area (Å²) in [7, 11) is -1.73. The summed E-state index contributed by atoms with van der Waals surface area (Å²) in [5.74, 6) is 0.442. The SMILES string of the molecule is CCNCC.CCNCC.OB(O)Oc1ccccc1. The molecule has 0 aromatic heterocycles. The van der Waals surface area contributed by atoms with Gasteiger partial charge in [-0.05, 0) is 38.3 Å². The number of hydrogen-bond donors (Lipinski definition) is 4. The second-order valence-electron chi connectivity index (χ2n) is 3.67. The van der Waals surface area contributed by atoms with Crippen LogP contribution in [0.1, 0.15) is 27.7 Å². The van der Waals surface area contributed by atoms with Crippen molar-refractivity contribution >= 4 is 7.32 Å². The van der Waals surface area contributed by atoms with Gasteiger partial charge in [-0.25, -0.2) is 0 Å². The third-order valence-corrected chi connectivity index (χ3v) is 1.98. The van der Waals surface area contributed by atoms with E-state index in [2.05, 4.69) is 43.0 Å². The van der Waals surface area contributed by atoms with Crippen molar-refractivity contribution in [2.45, 2.75) is 27.7 Å². The van der Waals surface area contributed by atoms with Gasteiger partial charge in [0.2, 0.25) is 0 Å². The van der Waals surface area contributed by atoms with Gasteiger partial charge in [0, 0.05) is 0 Å². The maximum atomic E-state index is 8.34. The molecule has 0 saturated carbocycles. The molecule has 0 aliphatic rings. The van der Waals surface area contributed by atoms with Crippen molar-refractivity contribution < 1.29 is 14.7 Å². The molecule has 0 aliphatic heterocycles. The summed E-state index contributed by atoms with van der Waals surface area (Å²) in [5, 5.41) is 22.9. The normalized spacial score (nSPS) is 8.70. The van der Waals surface area contributed by atoms with Crippen molar-refractivity contribution in [2.24, 2.45) is 0 Å². The molecule has 0 bridgehead atoms. The topological polar surface area (TPSA) is 73.8 Å². The van der Waals surface area contributed by atoms with Crippen molar-refractivity contribution in [3.8, 4) is 5.75 Å². The van der Waals surface area contributed by atoms with Gasteiger partial charge in [-0.2, -0.15) is 0 Å². The third kappa shape index (κ3) is 19.3. The first-order valence-corrected chi connectivity index (χ1v) is 7.11. The summed E-state index contributed by atoms with van der Waals surface area (Å²) < 4.78 is 4.53. The van der Waals surface area contributed by atoms with Gasteiger partial charge >= 0.3 is 7.32 Å². The van der Waals surface area contributed by atoms with E-state index in [9.17, 15) is 0 Å². The van der Waals surface area contributed by atoms with E-state index in [-0.39, 0.29) is 0 Å². The predicted molar refractivity (Wildman–Crippen MR) is 85.7 cm³/mol. The van der Waals surface area contributed by atoms with E-state index in [0.717, 1.165) is 26.2 Å². The zero-order valence-corrected chi connectivity index (χ0v) is 13.1. The summed E-state index contributed by atoms with van der Waals surface area (Å²) in [5.41, 5.74) is 0. The largest absolute Gasteiger partial charge is 0.707 e. The van der Waals surface area contributed by atoms with Gasteiger partial charge in [0.25, 0.3) is 0 Å². The van der Waals surface area contributed by atoms with Crippen molar-refractivity contribution in [2.75, 3.05) is 26.2 Å². The summed E-state index contributed by atoms with van der Waals surface area (Å²) >= 11 is 0. The quantitative estimate of drug-likeness (QED) is 0.592. The van der Waals surface area contributed by atoms with Crippen LogP contribution in [0.25, 0.3) is 0 Å². The minimum Gasteiger partial charge on any atom is -0.512 e. The van der Waals surface area contributed by atoms with Crippen LogP contribution in [0.5, 0.6) is 5.75 Å². The highest BCUT2D eigenvalue weighted by atomic mass is 16.6. The molecule has 20 heavy (non-hydrogen) atoms. The lowest BCUT2D eigenvalue weighted by Gasteiger charge is -2.01. The maximum Gasteiger partial charge on any atom is 0.707 e. The molecule has 0 fully saturated rings. The van der Waals surface area contributed by atoms with E-state index >= 15 is 0 Å². The van der Waals surface area contributed by atoms with Crippen LogP contribution in [0.3, 0.4) is 0 Å². The molecule has 5 nitrogen and oxygen atoms in total. The highest BCUT2D eigenvalue weighted by Crippen LogP contribution is 2.07. The number of nitrogens with one attached hydrogen (secondary N) is 2. The first kappa shape index (κ1) is 21.2. The Morgan fingerprint density at radius 2 is 1.25 bits per heavy atom. The van der Waals surface area contributed by atoms with E-state index in [1.165, 1.54) is 0 Å². The molecule has 1 rings (SSSR count). The zero-order valence-electron chi connectivity index (χ0n) is 13.1. The fraction of sp³-hybridized carbons (Fsp3) is 0.571. The van der Waals surface area contributed by atoms with Crippen LogP contribution >= 0.6 is 0 Å². The van der Waals surface area contributed by atoms with Crippen LogP contribution in [-0.2, 0) is 0 Å². The summed E-state index contributed by atoms with van der Waals surface area (Å²) in [4.78, 5) is 0. The lowest BCUT2D eigenvalue weighted by Crippen LogP contribution is -2.20. The summed E-state index contributed by atoms with van der Waals surface area (Å²) in [6.07, 6.45) is 0. The Labute approximate surface area is 123 Å². The van der Waals surface area contributed by atoms with E-state index in [1.54, 1.807) is 24.3 Å². The summed E-state index contributed by atoms with van der Waals surface area (Å²) in [6.45, 7) is 12.8. The van der Waals surface area contributed by atoms with Crippen molar-refractivity contribution in [1.29, 1.82) is 0 Å². The Kier molecular flexibility index (Phi) is 19.0. The molecule has 0 radical (unpaired) electrons. The molecule has 4 N–H and O–H groups in total. The molecule has 0 spiro atoms. The first-order chi connectivity index (χ1) is 9.62. The Balaban J connectivity index is 0. The Morgan fingerprint density at radius 3 is 1.50 bits per heavy atom. The average Bonchev–Trinajstić information content (AvgIpc) is 2.42. The molecule has 0 unspecified atom stereocenters. The van der Waals surface area contributed by atoms with Crippen LogP contribution in [-0.4, -0.2) is 43.5 Å². The highest BCUT2D eigenvalue weighted by Gasteiger charge is 2.09. The van der Waals surface area contributed by atoms with Crippen LogP contribution in [0, 0.1) is 0 Å². The van der Waals surface area contributed by atoms with Crippen LogP contribution < -0.4 is 15.3 Å². The smallest absolute Gasteiger partial charge is 0.512 e. The Morgan fingerprint density at radius 1 is 0.850 bits per heavy atom. The Bertz CT molecular complexity index is 264. The second kappa shape index (κ2) is 17.9. The van der Waals surface area contributed by atoms with Gasteiger partial charge in [-0.3, -0.25) is 0 Å². The Hall–Kier alpha value is -1.08. The van der Waals surface area contributed by atoms with Crippen LogP contribution in [0.15, 0.2) is 30.3 Å². The van der Waals surface area contributed by atoms with E-state index < -0.39 is 7.32 Å². The van der Waals surface area contributed by atoms with Crippen LogP contribution in [0.4, 0.5) is 0 Å². The number of hydrogen-bond acceptors (Lipinski definition) is 5. The first-order valence-electron chi connectivity index (χ1n) is 7.11. The van der Waals surface area contributed by atoms with Gasteiger partial charge in [0.1, 0.15) is 5.75 Å². The fourth-order valence-electron chi connectivity index (χ4n) is 1.12. The third-order valence-electron chi connectivity index (χ3n) is 1.98. The maximum absolute atomic E-state index is 8.34. The van der Waals surface area contributed by atoms with E-state index in [1.807, 2.05) is 6.07 Å². The van der Waals surface area contributed by atoms with Crippen molar-refractivity contribution in [3.63, 3.8) is 0 Å². The molecule has 0 aliphatic carbocycles. The molecule has 1 aromatic carbocycles. The van der Waals surface area contributed by atoms with Gasteiger partial charge in [-0.15, -0.1) is 0 Å². The highest BCUT2D eigenvalue weighted by molar-refractivity contribution is 6.33. The zero-order chi connectivity index (χ0) is 15.6. The molecular formula is C14H29BN2O3. The monoisotopic (exact) mass is 284 g/mol. The molecule has 116 valence electrons. The number of rotatable bonds is 6. The molecule has 0 heterocycles. The number of para-hydroxylation sites is 1. The molecule has 1 aromatic rings. The lowest BCUT2D eigenvalue weighted by atomic mass is 10.2. The van der Waals surface area contributed by atoms with E-state index in [0.29, 0.717) is 5.75 Å². The van der Waals surface area contributed by atoms with Crippen molar-refractivity contribution in [3.05, 3.63) is 30.3 Å². The molecule has 0 saturated heterocycles. The second-order valence-corrected chi connectivity index (χ2v) is 3.67. The van der Waals surface area contributed by atoms with Gasteiger partial charge in [0.15, 0.2) is 0 Å². The fourth-order valence-corrected chi connectivity index (χ4v) is 1.12. The predicted octanol–water partition coefficient (Wildman–Crippen LogP) is 1.27. The minimum atomic E-state index is -1.73. The summed E-state index contributed by atoms with van der Waals surface area (Å²) in [6, 6.07) is 8.59. The lowest BCUT2D eigenvalue weighted by molar-refractivity contribution is 0.288. The molecule has 0 amide bonds. The van der Waals surface area contributed by atoms with Crippen molar-refractivity contribution in [1.82, 2.24) is 10.6 Å². The number of benzene rings is 1.